The first-order valence-electron chi connectivity index (χ1n) is 3.80. The Balaban J connectivity index is 3.38. The van der Waals surface area contributed by atoms with E-state index in [2.05, 4.69) is 0 Å². The molecule has 1 aromatic carbocycles. The van der Waals surface area contributed by atoms with Gasteiger partial charge < -0.3 is 16.2 Å². The molecule has 0 heterocycles. The largest absolute Gasteiger partial charge is 0.494 e. The summed E-state index contributed by atoms with van der Waals surface area (Å²) in [6.07, 6.45) is 0. The fourth-order valence-electron chi connectivity index (χ4n) is 1.11. The highest BCUT2D eigenvalue weighted by molar-refractivity contribution is 6.00. The van der Waals surface area contributed by atoms with Gasteiger partial charge in [0.1, 0.15) is 0 Å². The number of Topliss-reactive ketones (excluding diaryl/α,β-unsaturated/α-hetero) is 1. The fourth-order valence-corrected chi connectivity index (χ4v) is 1.11. The molecule has 0 unspecified atom stereocenters. The number of nitrogens with two attached hydrogens (primary N) is 2. The summed E-state index contributed by atoms with van der Waals surface area (Å²) in [5.74, 6) is 0.260. The Hall–Kier alpha value is -1.71. The van der Waals surface area contributed by atoms with Crippen molar-refractivity contribution < 1.29 is 9.53 Å². The van der Waals surface area contributed by atoms with Gasteiger partial charge in [-0.3, -0.25) is 4.79 Å². The predicted octanol–water partition coefficient (Wildman–Crippen LogP) is 1.06. The number of carbonyl (C=O) groups excluding carboxylic acids is 1. The third-order valence-corrected chi connectivity index (χ3v) is 1.81. The zero-order chi connectivity index (χ0) is 10.0. The number of hydrogen-bond acceptors (Lipinski definition) is 4. The Bertz CT molecular complexity index is 348. The zero-order valence-corrected chi connectivity index (χ0v) is 7.63. The predicted molar refractivity (Wildman–Crippen MR) is 51.8 cm³/mol. The van der Waals surface area contributed by atoms with Crippen molar-refractivity contribution in [1.29, 1.82) is 0 Å². The van der Waals surface area contributed by atoms with E-state index in [1.165, 1.54) is 14.0 Å². The quantitative estimate of drug-likeness (QED) is 0.527. The lowest BCUT2D eigenvalue weighted by atomic mass is 10.1. The highest BCUT2D eigenvalue weighted by atomic mass is 16.5. The highest BCUT2D eigenvalue weighted by Gasteiger charge is 2.12. The van der Waals surface area contributed by atoms with Crippen LogP contribution in [0.25, 0.3) is 0 Å². The standard InChI is InChI=1S/C9H12N2O2/c1-5(12)6-3-4-7(10)8(11)9(6)13-2/h3-4H,10-11H2,1-2H3. The number of ketones is 1. The van der Waals surface area contributed by atoms with Crippen molar-refractivity contribution in [2.75, 3.05) is 18.6 Å². The van der Waals surface area contributed by atoms with E-state index in [-0.39, 0.29) is 5.78 Å². The Morgan fingerprint density at radius 3 is 2.46 bits per heavy atom. The van der Waals surface area contributed by atoms with Crippen molar-refractivity contribution in [3.8, 4) is 5.75 Å². The molecule has 0 aromatic heterocycles. The van der Waals surface area contributed by atoms with E-state index in [9.17, 15) is 4.79 Å². The molecular weight excluding hydrogens is 168 g/mol. The van der Waals surface area contributed by atoms with Crippen molar-refractivity contribution in [1.82, 2.24) is 0 Å². The van der Waals surface area contributed by atoms with Gasteiger partial charge in [-0.15, -0.1) is 0 Å². The fraction of sp³-hybridized carbons (Fsp3) is 0.222. The van der Waals surface area contributed by atoms with Gasteiger partial charge in [0.15, 0.2) is 11.5 Å². The van der Waals surface area contributed by atoms with Gasteiger partial charge in [0.2, 0.25) is 0 Å². The molecule has 0 amide bonds. The minimum absolute atomic E-state index is 0.0939. The van der Waals surface area contributed by atoms with Gasteiger partial charge in [0, 0.05) is 0 Å². The van der Waals surface area contributed by atoms with Crippen LogP contribution in [0.1, 0.15) is 17.3 Å². The lowest BCUT2D eigenvalue weighted by Crippen LogP contribution is -2.04. The van der Waals surface area contributed by atoms with Crippen LogP contribution in [0.3, 0.4) is 0 Å². The van der Waals surface area contributed by atoms with Crippen LogP contribution in [0.4, 0.5) is 11.4 Å². The van der Waals surface area contributed by atoms with Crippen molar-refractivity contribution >= 4 is 17.2 Å². The molecule has 13 heavy (non-hydrogen) atoms. The first-order valence-corrected chi connectivity index (χ1v) is 3.80. The number of hydrogen-bond donors (Lipinski definition) is 2. The van der Waals surface area contributed by atoms with Crippen LogP contribution >= 0.6 is 0 Å². The highest BCUT2D eigenvalue weighted by Crippen LogP contribution is 2.31. The Morgan fingerprint density at radius 2 is 2.00 bits per heavy atom. The van der Waals surface area contributed by atoms with Crippen LogP contribution in [0.2, 0.25) is 0 Å². The van der Waals surface area contributed by atoms with E-state index in [1.807, 2.05) is 0 Å². The van der Waals surface area contributed by atoms with Gasteiger partial charge in [-0.05, 0) is 19.1 Å². The number of methoxy groups -OCH3 is 1. The monoisotopic (exact) mass is 180 g/mol. The molecule has 0 radical (unpaired) electrons. The lowest BCUT2D eigenvalue weighted by Gasteiger charge is -2.10. The number of nitrogen functional groups attached to an aromatic ring is 2. The summed E-state index contributed by atoms with van der Waals surface area (Å²) in [6.45, 7) is 1.45. The maximum absolute atomic E-state index is 11.1. The smallest absolute Gasteiger partial charge is 0.163 e. The van der Waals surface area contributed by atoms with Crippen LogP contribution in [0.15, 0.2) is 12.1 Å². The van der Waals surface area contributed by atoms with Crippen LogP contribution in [0.5, 0.6) is 5.75 Å². The van der Waals surface area contributed by atoms with Gasteiger partial charge in [-0.25, -0.2) is 0 Å². The van der Waals surface area contributed by atoms with E-state index in [0.29, 0.717) is 22.7 Å². The Labute approximate surface area is 76.5 Å². The van der Waals surface area contributed by atoms with E-state index in [1.54, 1.807) is 12.1 Å². The average Bonchev–Trinajstić information content (AvgIpc) is 2.09. The molecule has 0 fully saturated rings. The number of carbonyl (C=O) groups is 1. The minimum atomic E-state index is -0.0939. The van der Waals surface area contributed by atoms with E-state index < -0.39 is 0 Å². The molecule has 4 heteroatoms. The number of anilines is 2. The molecule has 70 valence electrons. The van der Waals surface area contributed by atoms with Crippen molar-refractivity contribution in [2.24, 2.45) is 0 Å². The number of rotatable bonds is 2. The van der Waals surface area contributed by atoms with Crippen LogP contribution in [-0.2, 0) is 0 Å². The van der Waals surface area contributed by atoms with Crippen LogP contribution in [0, 0.1) is 0 Å². The summed E-state index contributed by atoms with van der Waals surface area (Å²) >= 11 is 0. The summed E-state index contributed by atoms with van der Waals surface area (Å²) in [4.78, 5) is 11.1. The Morgan fingerprint density at radius 1 is 1.38 bits per heavy atom. The average molecular weight is 180 g/mol. The third-order valence-electron chi connectivity index (χ3n) is 1.81. The van der Waals surface area contributed by atoms with Crippen LogP contribution < -0.4 is 16.2 Å². The topological polar surface area (TPSA) is 78.3 Å². The molecule has 1 rings (SSSR count). The second kappa shape index (κ2) is 3.35. The molecule has 0 saturated carbocycles. The molecule has 0 aliphatic rings. The second-order valence-corrected chi connectivity index (χ2v) is 2.71. The van der Waals surface area contributed by atoms with Crippen LogP contribution in [-0.4, -0.2) is 12.9 Å². The van der Waals surface area contributed by atoms with E-state index in [0.717, 1.165) is 0 Å². The summed E-state index contributed by atoms with van der Waals surface area (Å²) in [6, 6.07) is 3.20. The summed E-state index contributed by atoms with van der Waals surface area (Å²) < 4.78 is 4.99. The van der Waals surface area contributed by atoms with Gasteiger partial charge >= 0.3 is 0 Å². The first kappa shape index (κ1) is 9.38. The molecule has 0 aliphatic carbocycles. The molecule has 4 N–H and O–H groups in total. The molecule has 0 aliphatic heterocycles. The summed E-state index contributed by atoms with van der Waals surface area (Å²) in [5.41, 5.74) is 12.4. The van der Waals surface area contributed by atoms with Gasteiger partial charge in [0.05, 0.1) is 24.0 Å². The molecule has 1 aromatic rings. The first-order chi connectivity index (χ1) is 6.07. The molecule has 0 saturated heterocycles. The molecule has 0 spiro atoms. The van der Waals surface area contributed by atoms with Crippen molar-refractivity contribution in [2.45, 2.75) is 6.92 Å². The van der Waals surface area contributed by atoms with Crippen molar-refractivity contribution in [3.05, 3.63) is 17.7 Å². The Kier molecular flexibility index (Phi) is 2.41. The number of benzene rings is 1. The minimum Gasteiger partial charge on any atom is -0.494 e. The van der Waals surface area contributed by atoms with Gasteiger partial charge in [0.25, 0.3) is 0 Å². The maximum Gasteiger partial charge on any atom is 0.163 e. The summed E-state index contributed by atoms with van der Waals surface area (Å²) in [5, 5.41) is 0. The molecule has 0 atom stereocenters. The zero-order valence-electron chi connectivity index (χ0n) is 7.63. The SMILES string of the molecule is COc1c(C(C)=O)ccc(N)c1N. The van der Waals surface area contributed by atoms with E-state index >= 15 is 0 Å². The van der Waals surface area contributed by atoms with Gasteiger partial charge in [-0.2, -0.15) is 0 Å². The third kappa shape index (κ3) is 1.56. The lowest BCUT2D eigenvalue weighted by molar-refractivity contribution is 0.101. The summed E-state index contributed by atoms with van der Waals surface area (Å²) in [7, 11) is 1.46. The van der Waals surface area contributed by atoms with Crippen molar-refractivity contribution in [3.63, 3.8) is 0 Å². The number of ether oxygens (including phenoxy) is 1. The molecular formula is C9H12N2O2. The van der Waals surface area contributed by atoms with Gasteiger partial charge in [-0.1, -0.05) is 0 Å². The normalized spacial score (nSPS) is 9.69. The second-order valence-electron chi connectivity index (χ2n) is 2.71. The molecule has 4 nitrogen and oxygen atoms in total. The molecule has 0 bridgehead atoms. The van der Waals surface area contributed by atoms with E-state index in [4.69, 9.17) is 16.2 Å². The maximum atomic E-state index is 11.1.